The van der Waals surface area contributed by atoms with Gasteiger partial charge in [-0.15, -0.1) is 0 Å². The fraction of sp³-hybridized carbons (Fsp3) is 0.0720. The summed E-state index contributed by atoms with van der Waals surface area (Å²) in [6.07, 6.45) is 0. The summed E-state index contributed by atoms with van der Waals surface area (Å²) in [7, 11) is 0. The Labute approximate surface area is 766 Å². The monoisotopic (exact) mass is 1700 g/mol. The Balaban J connectivity index is 0.618. The predicted octanol–water partition coefficient (Wildman–Crippen LogP) is 32.1. The van der Waals surface area contributed by atoms with Crippen LogP contribution in [0.4, 0.5) is 0 Å². The summed E-state index contributed by atoms with van der Waals surface area (Å²) >= 11 is 0. The van der Waals surface area contributed by atoms with Gasteiger partial charge in [0.2, 0.25) is 0 Å². The van der Waals surface area contributed by atoms with Crippen LogP contribution in [0.15, 0.2) is 400 Å². The van der Waals surface area contributed by atoms with E-state index in [1.54, 1.807) is 0 Å². The van der Waals surface area contributed by atoms with E-state index < -0.39 is 0 Å². The Kier molecular flexibility index (Phi) is 14.9. The van der Waals surface area contributed by atoms with Crippen LogP contribution < -0.4 is 0 Å². The molecule has 0 saturated heterocycles. The third kappa shape index (κ3) is 10.2. The Morgan fingerprint density at radius 1 is 0.158 bits per heavy atom. The van der Waals surface area contributed by atoms with Crippen LogP contribution in [0.5, 0.6) is 0 Å². The largest absolute Gasteiger partial charge is 0.309 e. The first-order chi connectivity index (χ1) is 65.2. The molecule has 0 radical (unpaired) electrons. The van der Waals surface area contributed by atoms with Gasteiger partial charge in [0.15, 0.2) is 11.6 Å². The predicted molar refractivity (Wildman–Crippen MR) is 555 cm³/mol. The fourth-order valence-corrected chi connectivity index (χ4v) is 24.4. The molecule has 0 amide bonds. The van der Waals surface area contributed by atoms with Crippen molar-refractivity contribution in [2.24, 2.45) is 0 Å². The molecule has 133 heavy (non-hydrogen) atoms. The Bertz CT molecular complexity index is 9720. The number of benzene rings is 19. The minimum absolute atomic E-state index is 0.133. The Hall–Kier alpha value is -16.7. The summed E-state index contributed by atoms with van der Waals surface area (Å²) in [4.78, 5) is 12.3. The molecule has 29 rings (SSSR count). The van der Waals surface area contributed by atoms with Gasteiger partial charge in [0.1, 0.15) is 0 Å². The zero-order valence-corrected chi connectivity index (χ0v) is 74.2. The standard InChI is InChI=1S/C125H84N8/c1-123(2)101-34-16-7-25-83(101)86-56-49-79(69-104(86)123)128-110-38-20-13-31-92(110)98-63-73(46-60-115(98)128)76-43-53-95-89-28-10-19-37-109(89)131(118(95)66-76)82-52-59-107-108(72-82)127-122(133-114-42-24-12-30-91(114)97-55-45-78(68-120(97)133)75-48-62-117-100(65-75)94-33-15-22-40-112(94)130(117)81-51-58-88-85-27-9-18-36-103(85)125(5,6)106(88)71-81)121(126-107)132-113-41-23-11-29-90(113)96-54-44-77(67-119(96)132)74-47-61-116-99(64-74)93-32-14-21-39-111(93)129(116)80-50-57-87-84-26-8-17-35-102(84)124(3,4)105(87)70-80/h7-72H,1-6H3. The third-order valence-electron chi connectivity index (χ3n) is 30.8. The topological polar surface area (TPSA) is 55.4 Å². The van der Waals surface area contributed by atoms with E-state index >= 15 is 0 Å². The molecule has 0 saturated carbocycles. The summed E-state index contributed by atoms with van der Waals surface area (Å²) in [5.74, 6) is 1.42. The lowest BCUT2D eigenvalue weighted by molar-refractivity contribution is 0.660. The van der Waals surface area contributed by atoms with Crippen LogP contribution in [0.25, 0.3) is 243 Å². The van der Waals surface area contributed by atoms with E-state index in [4.69, 9.17) is 9.97 Å². The number of hydrogen-bond donors (Lipinski definition) is 0. The second-order valence-electron chi connectivity index (χ2n) is 38.8. The molecule has 0 unspecified atom stereocenters. The van der Waals surface area contributed by atoms with Crippen molar-refractivity contribution in [2.45, 2.75) is 57.8 Å². The summed E-state index contributed by atoms with van der Waals surface area (Å²) < 4.78 is 14.7. The smallest absolute Gasteiger partial charge is 0.182 e. The molecule has 19 aromatic carbocycles. The normalized spacial score (nSPS) is 14.0. The average Bonchev–Trinajstić information content (AvgIpc) is 1.48. The van der Waals surface area contributed by atoms with Crippen LogP contribution in [-0.4, -0.2) is 37.4 Å². The van der Waals surface area contributed by atoms with Crippen molar-refractivity contribution in [3.8, 4) is 101 Å². The van der Waals surface area contributed by atoms with Crippen molar-refractivity contribution in [2.75, 3.05) is 0 Å². The van der Waals surface area contributed by atoms with E-state index in [0.717, 1.165) is 127 Å². The molecule has 3 aliphatic carbocycles. The van der Waals surface area contributed by atoms with Gasteiger partial charge >= 0.3 is 0 Å². The maximum Gasteiger partial charge on any atom is 0.182 e. The number of nitrogens with zero attached hydrogens (tertiary/aromatic N) is 8. The van der Waals surface area contributed by atoms with Crippen molar-refractivity contribution < 1.29 is 0 Å². The van der Waals surface area contributed by atoms with Crippen LogP contribution in [0, 0.1) is 0 Å². The molecular weight excluding hydrogens is 1610 g/mol. The van der Waals surface area contributed by atoms with Gasteiger partial charge in [-0.1, -0.05) is 296 Å². The first kappa shape index (κ1) is 74.3. The zero-order chi connectivity index (χ0) is 87.9. The molecule has 0 fully saturated rings. The SMILES string of the molecule is CC1(C)c2ccccc2-c2ccc(-n3c4ccccc4c4cc(-c5ccc6c7ccccc7n(-c7ccc8nc(-n9c%10ccccc%10c%10ccc(-c%11ccc%12c(c%11)c%11ccccc%11n%12-c%11ccc%12c(c%11)C(C)(C)c%11ccccc%11-%12)cc%109)c(-n9c%10ccccc%10c%10ccc(-c%11ccc%12c(c%11)c%11ccccc%11n%12-c%11ccc%12c(c%11)C(C)(C)c%11ccccc%11-%12)cc%109)nc8c7)c6c5)ccc43)cc21. The van der Waals surface area contributed by atoms with Gasteiger partial charge in [-0.25, -0.2) is 9.97 Å². The lowest BCUT2D eigenvalue weighted by Gasteiger charge is -2.22. The van der Waals surface area contributed by atoms with Crippen LogP contribution in [0.3, 0.4) is 0 Å². The third-order valence-corrected chi connectivity index (χ3v) is 30.8. The highest BCUT2D eigenvalue weighted by atomic mass is 15.2. The molecule has 26 aromatic rings. The van der Waals surface area contributed by atoms with E-state index in [-0.39, 0.29) is 16.2 Å². The molecule has 0 spiro atoms. The van der Waals surface area contributed by atoms with Crippen LogP contribution in [0.1, 0.15) is 74.9 Å². The number of hydrogen-bond acceptors (Lipinski definition) is 2. The number of aromatic nitrogens is 8. The zero-order valence-electron chi connectivity index (χ0n) is 74.2. The highest BCUT2D eigenvalue weighted by Gasteiger charge is 2.40. The van der Waals surface area contributed by atoms with E-state index in [1.807, 2.05) is 0 Å². The number of para-hydroxylation sites is 6. The maximum atomic E-state index is 6.21. The molecule has 3 aliphatic rings. The van der Waals surface area contributed by atoms with Crippen LogP contribution in [0.2, 0.25) is 0 Å². The summed E-state index contributed by atoms with van der Waals surface area (Å²) in [5, 5.41) is 14.1. The highest BCUT2D eigenvalue weighted by molar-refractivity contribution is 6.18. The molecule has 7 heterocycles. The second-order valence-corrected chi connectivity index (χ2v) is 38.8. The molecular formula is C125H84N8. The number of rotatable bonds is 9. The van der Waals surface area contributed by atoms with Crippen molar-refractivity contribution >= 4 is 142 Å². The van der Waals surface area contributed by atoms with Crippen LogP contribution in [-0.2, 0) is 16.2 Å². The number of fused-ring (bicyclic) bond motifs is 28. The van der Waals surface area contributed by atoms with Gasteiger partial charge in [-0.05, 0) is 246 Å². The van der Waals surface area contributed by atoms with Gasteiger partial charge in [0.05, 0.1) is 77.2 Å². The van der Waals surface area contributed by atoms with E-state index in [1.165, 1.54) is 138 Å². The van der Waals surface area contributed by atoms with Gasteiger partial charge in [-0.3, -0.25) is 9.13 Å². The Morgan fingerprint density at radius 3 is 0.737 bits per heavy atom. The van der Waals surface area contributed by atoms with Crippen molar-refractivity contribution in [3.05, 3.63) is 434 Å². The van der Waals surface area contributed by atoms with Crippen molar-refractivity contribution in [1.82, 2.24) is 37.4 Å². The molecule has 8 nitrogen and oxygen atoms in total. The quantitative estimate of drug-likeness (QED) is 0.145. The minimum Gasteiger partial charge on any atom is -0.309 e. The molecule has 8 heteroatoms. The first-order valence-electron chi connectivity index (χ1n) is 46.5. The summed E-state index contributed by atoms with van der Waals surface area (Å²) in [6, 6.07) is 151. The Morgan fingerprint density at radius 2 is 0.391 bits per heavy atom. The van der Waals surface area contributed by atoms with Crippen molar-refractivity contribution in [1.29, 1.82) is 0 Å². The van der Waals surface area contributed by atoms with E-state index in [2.05, 4.69) is 469 Å². The minimum atomic E-state index is -0.149. The van der Waals surface area contributed by atoms with Gasteiger partial charge in [-0.2, -0.15) is 0 Å². The first-order valence-corrected chi connectivity index (χ1v) is 46.5. The highest BCUT2D eigenvalue weighted by Crippen LogP contribution is 2.55. The lowest BCUT2D eigenvalue weighted by Crippen LogP contribution is -2.15. The van der Waals surface area contributed by atoms with E-state index in [0.29, 0.717) is 11.6 Å². The van der Waals surface area contributed by atoms with Gasteiger partial charge < -0.3 is 18.3 Å². The van der Waals surface area contributed by atoms with Crippen molar-refractivity contribution in [3.63, 3.8) is 0 Å². The molecule has 0 N–H and O–H groups in total. The van der Waals surface area contributed by atoms with Crippen LogP contribution >= 0.6 is 0 Å². The molecule has 0 aliphatic heterocycles. The summed E-state index contributed by atoms with van der Waals surface area (Å²) in [5.41, 5.74) is 41.7. The molecule has 0 atom stereocenters. The van der Waals surface area contributed by atoms with Gasteiger partial charge in [0, 0.05) is 104 Å². The fourth-order valence-electron chi connectivity index (χ4n) is 24.4. The maximum absolute atomic E-state index is 6.21. The average molecular weight is 1700 g/mol. The molecule has 624 valence electrons. The van der Waals surface area contributed by atoms with Gasteiger partial charge in [0.25, 0.3) is 0 Å². The molecule has 7 aromatic heterocycles. The second kappa shape index (κ2) is 26.8. The summed E-state index contributed by atoms with van der Waals surface area (Å²) in [6.45, 7) is 14.2. The van der Waals surface area contributed by atoms with E-state index in [9.17, 15) is 0 Å². The molecule has 0 bridgehead atoms. The lowest BCUT2D eigenvalue weighted by atomic mass is 9.82.